The van der Waals surface area contributed by atoms with Crippen molar-refractivity contribution in [1.29, 1.82) is 0 Å². The molecule has 8 N–H and O–H groups in total. The second-order valence-corrected chi connectivity index (χ2v) is 4.42. The summed E-state index contributed by atoms with van der Waals surface area (Å²) in [6.45, 7) is 27.0. The maximum absolute atomic E-state index is 2.25. The number of hydrogen-bond acceptors (Lipinski definition) is 0. The Hall–Kier alpha value is 4.12. The number of halogens is 10. The van der Waals surface area contributed by atoms with Crippen LogP contribution in [0.5, 0.6) is 0 Å². The third-order valence-corrected chi connectivity index (χ3v) is 2.31. The minimum Gasteiger partial charge on any atom is -1.00 e. The number of hydrogen-bond donors (Lipinski definition) is 4. The van der Waals surface area contributed by atoms with Gasteiger partial charge in [-0.2, -0.15) is 0 Å². The minimum absolute atomic E-state index is 0. The van der Waals surface area contributed by atoms with E-state index in [1.165, 1.54) is 52.4 Å². The van der Waals surface area contributed by atoms with Gasteiger partial charge in [0.1, 0.15) is 0 Å². The van der Waals surface area contributed by atoms with Gasteiger partial charge in [0, 0.05) is 0 Å². The predicted octanol–water partition coefficient (Wildman–Crippen LogP) is -31.6. The summed E-state index contributed by atoms with van der Waals surface area (Å²) in [4.78, 5) is 0. The normalized spacial score (nSPS) is 5.25. The van der Waals surface area contributed by atoms with Crippen LogP contribution in [0.15, 0.2) is 0 Å². The smallest absolute Gasteiger partial charge is 1.00 e. The zero-order valence-electron chi connectivity index (χ0n) is 20.6. The Bertz CT molecular complexity index is 107. The first-order valence-corrected chi connectivity index (χ1v) is 8.92. The van der Waals surface area contributed by atoms with E-state index >= 15 is 0 Å². The van der Waals surface area contributed by atoms with Gasteiger partial charge >= 0.3 is 42.1 Å². The van der Waals surface area contributed by atoms with Crippen molar-refractivity contribution < 1.29 is 187 Å². The molecule has 0 fully saturated rings. The van der Waals surface area contributed by atoms with Crippen molar-refractivity contribution in [2.24, 2.45) is 0 Å². The molecule has 0 aliphatic rings. The van der Waals surface area contributed by atoms with Gasteiger partial charge in [-0.05, 0) is 55.4 Å². The first-order valence-electron chi connectivity index (χ1n) is 8.92. The van der Waals surface area contributed by atoms with Crippen LogP contribution < -0.4 is 145 Å². The zero-order chi connectivity index (χ0) is 16.5. The van der Waals surface area contributed by atoms with E-state index in [0.29, 0.717) is 0 Å². The Morgan fingerprint density at radius 2 is 0.312 bits per heavy atom. The van der Waals surface area contributed by atoms with E-state index in [-0.39, 0.29) is 166 Å². The SMILES string of the molecule is CC[NH2+]CC.CC[NH2+]CC.CC[NH2+]CC.CC[NH2+]CC.[Cl-].[Cl-].[Cl-].[Cl-].[Cl-].[Cl-].[Cl-].[Cl-].[Cl-].[Cl-].[Mo+3].[Mo+3]. The molecule has 0 saturated carbocycles. The number of nitrogens with two attached hydrogens (primary N) is 4. The Kier molecular flexibility index (Phi) is 541. The Morgan fingerprint density at radius 1 is 0.250 bits per heavy atom. The zero-order valence-corrected chi connectivity index (χ0v) is 32.1. The van der Waals surface area contributed by atoms with Crippen LogP contribution in [0, 0.1) is 0 Å². The maximum atomic E-state index is 2.25. The molecular formula is C16H48Cl10Mo2N4. The van der Waals surface area contributed by atoms with Crippen LogP contribution in [0.4, 0.5) is 0 Å². The Balaban J connectivity index is -0.00000000677. The molecule has 16 heteroatoms. The van der Waals surface area contributed by atoms with Gasteiger partial charge < -0.3 is 145 Å². The molecule has 2 radical (unpaired) electrons. The Labute approximate surface area is 292 Å². The fraction of sp³-hybridized carbons (Fsp3) is 1.00. The van der Waals surface area contributed by atoms with E-state index in [4.69, 9.17) is 0 Å². The van der Waals surface area contributed by atoms with Crippen molar-refractivity contribution in [1.82, 2.24) is 0 Å². The molecule has 4 nitrogen and oxygen atoms in total. The molecule has 32 heavy (non-hydrogen) atoms. The molecule has 0 rings (SSSR count). The van der Waals surface area contributed by atoms with Crippen molar-refractivity contribution in [3.05, 3.63) is 0 Å². The van der Waals surface area contributed by atoms with Gasteiger partial charge in [-0.3, -0.25) is 0 Å². The van der Waals surface area contributed by atoms with Crippen LogP contribution in [-0.4, -0.2) is 52.4 Å². The van der Waals surface area contributed by atoms with Gasteiger partial charge in [-0.25, -0.2) is 0 Å². The van der Waals surface area contributed by atoms with Gasteiger partial charge in [0.2, 0.25) is 0 Å². The van der Waals surface area contributed by atoms with Gasteiger partial charge in [0.05, 0.1) is 52.4 Å². The standard InChI is InChI=1S/4C4H11N.10ClH.2Mo/c4*1-3-5-4-2;;;;;;;;;;;;/h4*5H,3-4H2,1-2H3;10*1H;;/q;;;;;;;;;;;;;;2*+3/p-6. The topological polar surface area (TPSA) is 66.4 Å². The molecule has 0 aromatic rings. The third-order valence-electron chi connectivity index (χ3n) is 2.31. The fourth-order valence-electron chi connectivity index (χ4n) is 1.15. The second kappa shape index (κ2) is 157. The van der Waals surface area contributed by atoms with Crippen LogP contribution in [0.25, 0.3) is 0 Å². The summed E-state index contributed by atoms with van der Waals surface area (Å²) in [6.07, 6.45) is 0. The summed E-state index contributed by atoms with van der Waals surface area (Å²) >= 11 is 0. The monoisotopic (exact) mass is 842 g/mol. The van der Waals surface area contributed by atoms with Crippen LogP contribution in [0.3, 0.4) is 0 Å². The molecule has 0 aromatic heterocycles. The molecule has 0 atom stereocenters. The van der Waals surface area contributed by atoms with Gasteiger partial charge in [-0.15, -0.1) is 0 Å². The summed E-state index contributed by atoms with van der Waals surface area (Å²) < 4.78 is 0. The summed E-state index contributed by atoms with van der Waals surface area (Å²) in [5, 5.41) is 9.00. The van der Waals surface area contributed by atoms with E-state index in [1.54, 1.807) is 0 Å². The molecule has 0 bridgehead atoms. The average Bonchev–Trinajstić information content (AvgIpc) is 2.44. The fourth-order valence-corrected chi connectivity index (χ4v) is 1.15. The molecular weight excluding hydrogens is 795 g/mol. The van der Waals surface area contributed by atoms with E-state index < -0.39 is 0 Å². The van der Waals surface area contributed by atoms with Crippen LogP contribution in [0.1, 0.15) is 55.4 Å². The molecule has 0 heterocycles. The molecule has 0 aromatic carbocycles. The molecule has 214 valence electrons. The molecule has 0 aliphatic carbocycles. The van der Waals surface area contributed by atoms with Gasteiger partial charge in [-0.1, -0.05) is 0 Å². The van der Waals surface area contributed by atoms with Gasteiger partial charge in [0.15, 0.2) is 0 Å². The Morgan fingerprint density at radius 3 is 0.312 bits per heavy atom. The number of rotatable bonds is 8. The van der Waals surface area contributed by atoms with E-state index in [2.05, 4.69) is 76.7 Å². The number of quaternary nitrogens is 4. The average molecular weight is 843 g/mol. The quantitative estimate of drug-likeness (QED) is 0.176. The third kappa shape index (κ3) is 255. The molecule has 0 unspecified atom stereocenters. The van der Waals surface area contributed by atoms with E-state index in [9.17, 15) is 0 Å². The van der Waals surface area contributed by atoms with E-state index in [0.717, 1.165) is 0 Å². The van der Waals surface area contributed by atoms with Crippen molar-refractivity contribution >= 4 is 0 Å². The summed E-state index contributed by atoms with van der Waals surface area (Å²) in [5.41, 5.74) is 0. The summed E-state index contributed by atoms with van der Waals surface area (Å²) in [7, 11) is 0. The van der Waals surface area contributed by atoms with Crippen LogP contribution >= 0.6 is 0 Å². The summed E-state index contributed by atoms with van der Waals surface area (Å²) in [6, 6.07) is 0. The van der Waals surface area contributed by atoms with Crippen molar-refractivity contribution in [3.8, 4) is 0 Å². The van der Waals surface area contributed by atoms with Crippen molar-refractivity contribution in [2.75, 3.05) is 52.4 Å². The first kappa shape index (κ1) is 110. The van der Waals surface area contributed by atoms with Crippen LogP contribution in [0.2, 0.25) is 0 Å². The molecule has 0 spiro atoms. The van der Waals surface area contributed by atoms with Crippen molar-refractivity contribution in [2.45, 2.75) is 55.4 Å². The maximum Gasteiger partial charge on any atom is 3.00 e. The molecule has 0 aliphatic heterocycles. The predicted molar refractivity (Wildman–Crippen MR) is 92.0 cm³/mol. The second-order valence-electron chi connectivity index (χ2n) is 4.42. The largest absolute Gasteiger partial charge is 3.00 e. The molecule has 0 amide bonds. The first-order chi connectivity index (χ1) is 9.66. The van der Waals surface area contributed by atoms with Crippen LogP contribution in [-0.2, 0) is 42.1 Å². The summed E-state index contributed by atoms with van der Waals surface area (Å²) in [5.74, 6) is 0. The van der Waals surface area contributed by atoms with E-state index in [1.807, 2.05) is 0 Å². The molecule has 0 saturated heterocycles. The van der Waals surface area contributed by atoms with Crippen molar-refractivity contribution in [3.63, 3.8) is 0 Å². The van der Waals surface area contributed by atoms with Gasteiger partial charge in [0.25, 0.3) is 0 Å². The minimum atomic E-state index is 0.